The Balaban J connectivity index is 1.92. The molecule has 0 saturated carbocycles. The topological polar surface area (TPSA) is 129 Å². The molecule has 1 atom stereocenters. The number of H-pyrrole nitrogens is 1. The van der Waals surface area contributed by atoms with Crippen molar-refractivity contribution in [3.05, 3.63) is 36.0 Å². The Morgan fingerprint density at radius 3 is 2.48 bits per heavy atom. The average molecular weight is 402 g/mol. The smallest absolute Gasteiger partial charge is 0.329 e. The maximum Gasteiger partial charge on any atom is 0.329 e. The number of aromatic amines is 1. The highest BCUT2D eigenvalue weighted by molar-refractivity contribution is 5.89. The molecule has 0 unspecified atom stereocenters. The van der Waals surface area contributed by atoms with Gasteiger partial charge in [0.25, 0.3) is 5.91 Å². The van der Waals surface area contributed by atoms with Crippen LogP contribution in [0.25, 0.3) is 10.9 Å². The molecule has 2 aromatic rings. The fraction of sp³-hybridized carbons (Fsp3) is 0.400. The van der Waals surface area contributed by atoms with Crippen LogP contribution in [0, 0.1) is 0 Å². The van der Waals surface area contributed by atoms with Crippen molar-refractivity contribution >= 4 is 34.6 Å². The summed E-state index contributed by atoms with van der Waals surface area (Å²) in [4.78, 5) is 50.4. The van der Waals surface area contributed by atoms with Crippen molar-refractivity contribution in [2.75, 3.05) is 13.2 Å². The van der Waals surface area contributed by atoms with Crippen LogP contribution in [0.2, 0.25) is 0 Å². The fourth-order valence-electron chi connectivity index (χ4n) is 2.80. The van der Waals surface area contributed by atoms with E-state index < -0.39 is 24.5 Å². The zero-order valence-corrected chi connectivity index (χ0v) is 16.7. The zero-order chi connectivity index (χ0) is 21.4. The van der Waals surface area contributed by atoms with E-state index in [2.05, 4.69) is 20.9 Å². The van der Waals surface area contributed by atoms with Crippen LogP contribution < -0.4 is 16.0 Å². The lowest BCUT2D eigenvalue weighted by molar-refractivity contribution is -0.151. The van der Waals surface area contributed by atoms with Gasteiger partial charge in [-0.15, -0.1) is 0 Å². The van der Waals surface area contributed by atoms with Crippen molar-refractivity contribution in [1.29, 1.82) is 0 Å². The Kier molecular flexibility index (Phi) is 7.76. The first-order chi connectivity index (χ1) is 13.8. The van der Waals surface area contributed by atoms with Gasteiger partial charge >= 0.3 is 5.97 Å². The van der Waals surface area contributed by atoms with Gasteiger partial charge in [-0.3, -0.25) is 14.4 Å². The van der Waals surface area contributed by atoms with Gasteiger partial charge in [0.1, 0.15) is 6.04 Å². The van der Waals surface area contributed by atoms with Crippen LogP contribution in [0.3, 0.4) is 0 Å². The lowest BCUT2D eigenvalue weighted by Gasteiger charge is -2.16. The van der Waals surface area contributed by atoms with Crippen molar-refractivity contribution in [3.63, 3.8) is 0 Å². The summed E-state index contributed by atoms with van der Waals surface area (Å²) in [6.07, 6.45) is 1.98. The number of benzene rings is 1. The minimum absolute atomic E-state index is 0.0415. The normalized spacial score (nSPS) is 11.7. The van der Waals surface area contributed by atoms with E-state index in [-0.39, 0.29) is 30.8 Å². The molecule has 156 valence electrons. The summed E-state index contributed by atoms with van der Waals surface area (Å²) in [6, 6.07) is 6.61. The molecule has 0 bridgehead atoms. The summed E-state index contributed by atoms with van der Waals surface area (Å²) in [6.45, 7) is 4.15. The first-order valence-corrected chi connectivity index (χ1v) is 9.31. The van der Waals surface area contributed by atoms with E-state index in [4.69, 9.17) is 4.74 Å². The molecule has 29 heavy (non-hydrogen) atoms. The molecule has 3 amide bonds. The standard InChI is InChI=1S/C20H26N4O5/c1-12(2)23-18(26)10-22-19(27)11-29-20(28)17(24-13(3)25)8-14-9-21-16-7-5-4-6-15(14)16/h4-7,9,12,17,21H,8,10-11H2,1-3H3,(H,22,27)(H,23,26)(H,24,25)/t17-/m0/s1. The fourth-order valence-corrected chi connectivity index (χ4v) is 2.80. The number of ether oxygens (including phenoxy) is 1. The number of fused-ring (bicyclic) bond motifs is 1. The molecule has 0 aliphatic rings. The number of amides is 3. The number of carbonyl (C=O) groups excluding carboxylic acids is 4. The quantitative estimate of drug-likeness (QED) is 0.451. The number of para-hydroxylation sites is 1. The molecule has 2 rings (SSSR count). The summed E-state index contributed by atoms with van der Waals surface area (Å²) in [7, 11) is 0. The Hall–Kier alpha value is -3.36. The molecule has 9 heteroatoms. The maximum atomic E-state index is 12.4. The molecular formula is C20H26N4O5. The third-order valence-corrected chi connectivity index (χ3v) is 4.00. The molecule has 0 spiro atoms. The maximum absolute atomic E-state index is 12.4. The van der Waals surface area contributed by atoms with Gasteiger partial charge in [0.05, 0.1) is 6.54 Å². The monoisotopic (exact) mass is 402 g/mol. The Labute approximate surface area is 168 Å². The Bertz CT molecular complexity index is 890. The van der Waals surface area contributed by atoms with Gasteiger partial charge in [-0.05, 0) is 25.5 Å². The summed E-state index contributed by atoms with van der Waals surface area (Å²) >= 11 is 0. The van der Waals surface area contributed by atoms with E-state index in [1.165, 1.54) is 6.92 Å². The number of rotatable bonds is 9. The second-order valence-electron chi connectivity index (χ2n) is 6.92. The first kappa shape index (κ1) is 21.9. The van der Waals surface area contributed by atoms with Crippen LogP contribution in [-0.2, 0) is 30.3 Å². The highest BCUT2D eigenvalue weighted by Gasteiger charge is 2.23. The zero-order valence-electron chi connectivity index (χ0n) is 16.7. The molecule has 0 fully saturated rings. The van der Waals surface area contributed by atoms with E-state index in [0.717, 1.165) is 16.5 Å². The van der Waals surface area contributed by atoms with Crippen molar-refractivity contribution in [2.45, 2.75) is 39.3 Å². The number of esters is 1. The van der Waals surface area contributed by atoms with Crippen molar-refractivity contribution in [1.82, 2.24) is 20.9 Å². The molecule has 4 N–H and O–H groups in total. The van der Waals surface area contributed by atoms with Gasteiger partial charge in [-0.1, -0.05) is 18.2 Å². The second kappa shape index (κ2) is 10.3. The molecular weight excluding hydrogens is 376 g/mol. The number of nitrogens with one attached hydrogen (secondary N) is 4. The van der Waals surface area contributed by atoms with E-state index in [1.54, 1.807) is 20.0 Å². The molecule has 1 aromatic heterocycles. The highest BCUT2D eigenvalue weighted by Crippen LogP contribution is 2.19. The van der Waals surface area contributed by atoms with Gasteiger partial charge in [0.2, 0.25) is 11.8 Å². The van der Waals surface area contributed by atoms with Gasteiger partial charge in [-0.2, -0.15) is 0 Å². The lowest BCUT2D eigenvalue weighted by Crippen LogP contribution is -2.44. The molecule has 0 radical (unpaired) electrons. The van der Waals surface area contributed by atoms with E-state index >= 15 is 0 Å². The van der Waals surface area contributed by atoms with E-state index in [0.29, 0.717) is 0 Å². The molecule has 0 aliphatic carbocycles. The summed E-state index contributed by atoms with van der Waals surface area (Å²) in [5.74, 6) is -2.06. The number of aromatic nitrogens is 1. The lowest BCUT2D eigenvalue weighted by atomic mass is 10.0. The Morgan fingerprint density at radius 1 is 1.07 bits per heavy atom. The van der Waals surface area contributed by atoms with Crippen LogP contribution in [0.15, 0.2) is 30.5 Å². The van der Waals surface area contributed by atoms with Crippen LogP contribution >= 0.6 is 0 Å². The van der Waals surface area contributed by atoms with Gasteiger partial charge in [-0.25, -0.2) is 4.79 Å². The van der Waals surface area contributed by atoms with Crippen LogP contribution in [0.4, 0.5) is 0 Å². The van der Waals surface area contributed by atoms with Crippen LogP contribution in [-0.4, -0.2) is 53.9 Å². The minimum Gasteiger partial charge on any atom is -0.454 e. The minimum atomic E-state index is -0.941. The summed E-state index contributed by atoms with van der Waals surface area (Å²) in [5.41, 5.74) is 1.75. The second-order valence-corrected chi connectivity index (χ2v) is 6.92. The van der Waals surface area contributed by atoms with Gasteiger partial charge in [0, 0.05) is 36.5 Å². The van der Waals surface area contributed by atoms with Crippen molar-refractivity contribution in [2.24, 2.45) is 0 Å². The predicted molar refractivity (Wildman–Crippen MR) is 107 cm³/mol. The first-order valence-electron chi connectivity index (χ1n) is 9.31. The summed E-state index contributed by atoms with van der Waals surface area (Å²) < 4.78 is 5.03. The largest absolute Gasteiger partial charge is 0.454 e. The van der Waals surface area contributed by atoms with Gasteiger partial charge in [0.15, 0.2) is 6.61 Å². The summed E-state index contributed by atoms with van der Waals surface area (Å²) in [5, 5.41) is 8.49. The molecule has 1 aromatic carbocycles. The Morgan fingerprint density at radius 2 is 1.79 bits per heavy atom. The SMILES string of the molecule is CC(=O)N[C@@H](Cc1c[nH]c2ccccc12)C(=O)OCC(=O)NCC(=O)NC(C)C. The number of hydrogen-bond acceptors (Lipinski definition) is 5. The third-order valence-electron chi connectivity index (χ3n) is 4.00. The number of hydrogen-bond donors (Lipinski definition) is 4. The molecule has 1 heterocycles. The van der Waals surface area contributed by atoms with E-state index in [1.807, 2.05) is 24.3 Å². The predicted octanol–water partition coefficient (Wildman–Crippen LogP) is 0.399. The van der Waals surface area contributed by atoms with E-state index in [9.17, 15) is 19.2 Å². The van der Waals surface area contributed by atoms with Gasteiger partial charge < -0.3 is 25.7 Å². The molecule has 0 aliphatic heterocycles. The van der Waals surface area contributed by atoms with Crippen LogP contribution in [0.5, 0.6) is 0 Å². The highest BCUT2D eigenvalue weighted by atomic mass is 16.5. The molecule has 9 nitrogen and oxygen atoms in total. The van der Waals surface area contributed by atoms with Crippen LogP contribution in [0.1, 0.15) is 26.3 Å². The number of carbonyl (C=O) groups is 4. The van der Waals surface area contributed by atoms with Crippen molar-refractivity contribution < 1.29 is 23.9 Å². The van der Waals surface area contributed by atoms with Crippen molar-refractivity contribution in [3.8, 4) is 0 Å². The third kappa shape index (κ3) is 6.95. The average Bonchev–Trinajstić information content (AvgIpc) is 3.06. The molecule has 0 saturated heterocycles.